The van der Waals surface area contributed by atoms with Crippen LogP contribution in [0.3, 0.4) is 0 Å². The summed E-state index contributed by atoms with van der Waals surface area (Å²) in [7, 11) is -3.13. The Balaban J connectivity index is 1.74. The summed E-state index contributed by atoms with van der Waals surface area (Å²) < 4.78 is 24.4. The molecule has 2 aliphatic rings. The van der Waals surface area contributed by atoms with Crippen molar-refractivity contribution in [3.05, 3.63) is 0 Å². The van der Waals surface area contributed by atoms with Gasteiger partial charge in [0, 0.05) is 19.6 Å². The molecule has 0 spiro atoms. The van der Waals surface area contributed by atoms with Crippen molar-refractivity contribution in [1.82, 2.24) is 9.62 Å². The van der Waals surface area contributed by atoms with E-state index in [1.807, 2.05) is 0 Å². The first-order valence-electron chi connectivity index (χ1n) is 6.40. The Hall–Kier alpha value is -1.15. The molecule has 2 atom stereocenters. The van der Waals surface area contributed by atoms with Crippen molar-refractivity contribution < 1.29 is 23.1 Å². The third kappa shape index (κ3) is 3.06. The predicted octanol–water partition coefficient (Wildman–Crippen LogP) is -0.751. The normalized spacial score (nSPS) is 29.7. The number of carbonyl (C=O) groups is 2. The summed E-state index contributed by atoms with van der Waals surface area (Å²) in [6.45, 7) is 0.999. The lowest BCUT2D eigenvalue weighted by Gasteiger charge is -2.32. The molecule has 1 saturated heterocycles. The molecule has 0 aromatic carbocycles. The molecule has 7 nitrogen and oxygen atoms in total. The molecule has 8 heteroatoms. The number of carboxylic acids is 1. The molecule has 1 aliphatic carbocycles. The average molecular weight is 290 g/mol. The number of rotatable bonds is 5. The summed E-state index contributed by atoms with van der Waals surface area (Å²) in [5.74, 6) is -2.10. The minimum Gasteiger partial charge on any atom is -0.481 e. The first-order valence-corrected chi connectivity index (χ1v) is 8.01. The molecule has 2 unspecified atom stereocenters. The van der Waals surface area contributed by atoms with Gasteiger partial charge in [0.15, 0.2) is 0 Å². The molecule has 1 amide bonds. The SMILES string of the molecule is O=C(O)C1CCC1C(=O)NCCN1CCCS1(=O)=O. The summed E-state index contributed by atoms with van der Waals surface area (Å²) >= 11 is 0. The summed E-state index contributed by atoms with van der Waals surface area (Å²) in [5.41, 5.74) is 0. The highest BCUT2D eigenvalue weighted by Crippen LogP contribution is 2.34. The lowest BCUT2D eigenvalue weighted by Crippen LogP contribution is -2.46. The molecule has 1 heterocycles. The maximum atomic E-state index is 11.7. The number of carbonyl (C=O) groups excluding carboxylic acids is 1. The van der Waals surface area contributed by atoms with E-state index in [-0.39, 0.29) is 24.7 Å². The zero-order valence-electron chi connectivity index (χ0n) is 10.5. The number of amides is 1. The standard InChI is InChI=1S/C11H18N2O5S/c14-10(8-2-3-9(8)11(15)16)12-4-6-13-5-1-7-19(13,17)18/h8-9H,1-7H2,(H,12,14)(H,15,16). The second-order valence-corrected chi connectivity index (χ2v) is 7.08. The Morgan fingerprint density at radius 2 is 1.95 bits per heavy atom. The molecule has 0 aromatic rings. The molecule has 108 valence electrons. The second kappa shape index (κ2) is 5.46. The first kappa shape index (κ1) is 14.3. The van der Waals surface area contributed by atoms with Gasteiger partial charge in [0.25, 0.3) is 0 Å². The van der Waals surface area contributed by atoms with Crippen molar-refractivity contribution in [2.24, 2.45) is 11.8 Å². The second-order valence-electron chi connectivity index (χ2n) is 4.99. The van der Waals surface area contributed by atoms with Crippen LogP contribution in [-0.2, 0) is 19.6 Å². The lowest BCUT2D eigenvalue weighted by atomic mass is 9.73. The van der Waals surface area contributed by atoms with Gasteiger partial charge < -0.3 is 10.4 Å². The van der Waals surface area contributed by atoms with Gasteiger partial charge in [-0.2, -0.15) is 0 Å². The number of nitrogens with zero attached hydrogens (tertiary/aromatic N) is 1. The van der Waals surface area contributed by atoms with Crippen LogP contribution in [0, 0.1) is 11.8 Å². The zero-order valence-corrected chi connectivity index (χ0v) is 11.4. The number of hydrogen-bond acceptors (Lipinski definition) is 4. The highest BCUT2D eigenvalue weighted by molar-refractivity contribution is 7.89. The summed E-state index contributed by atoms with van der Waals surface area (Å²) in [4.78, 5) is 22.5. The fourth-order valence-corrected chi connectivity index (χ4v) is 4.02. The van der Waals surface area contributed by atoms with Crippen molar-refractivity contribution in [2.45, 2.75) is 19.3 Å². The lowest BCUT2D eigenvalue weighted by molar-refractivity contribution is -0.152. The molecule has 2 fully saturated rings. The van der Waals surface area contributed by atoms with E-state index >= 15 is 0 Å². The highest BCUT2D eigenvalue weighted by atomic mass is 32.2. The number of aliphatic carboxylic acids is 1. The topological polar surface area (TPSA) is 104 Å². The maximum absolute atomic E-state index is 11.7. The quantitative estimate of drug-likeness (QED) is 0.693. The van der Waals surface area contributed by atoms with Gasteiger partial charge >= 0.3 is 5.97 Å². The van der Waals surface area contributed by atoms with Crippen molar-refractivity contribution in [1.29, 1.82) is 0 Å². The van der Waals surface area contributed by atoms with E-state index in [0.717, 1.165) is 0 Å². The van der Waals surface area contributed by atoms with Crippen LogP contribution in [0.4, 0.5) is 0 Å². The maximum Gasteiger partial charge on any atom is 0.307 e. The average Bonchev–Trinajstić information content (AvgIpc) is 2.55. The Bertz CT molecular complexity index is 475. The monoisotopic (exact) mass is 290 g/mol. The van der Waals surface area contributed by atoms with E-state index in [1.165, 1.54) is 4.31 Å². The van der Waals surface area contributed by atoms with Gasteiger partial charge in [-0.1, -0.05) is 0 Å². The molecule has 0 radical (unpaired) electrons. The van der Waals surface area contributed by atoms with Crippen LogP contribution in [0.1, 0.15) is 19.3 Å². The van der Waals surface area contributed by atoms with Crippen molar-refractivity contribution >= 4 is 21.9 Å². The number of sulfonamides is 1. The third-order valence-corrected chi connectivity index (χ3v) is 5.75. The van der Waals surface area contributed by atoms with Crippen LogP contribution < -0.4 is 5.32 Å². The first-order chi connectivity index (χ1) is 8.92. The molecule has 2 N–H and O–H groups in total. The van der Waals surface area contributed by atoms with Crippen molar-refractivity contribution in [3.63, 3.8) is 0 Å². The van der Waals surface area contributed by atoms with E-state index < -0.39 is 27.8 Å². The molecule has 19 heavy (non-hydrogen) atoms. The number of hydrogen-bond donors (Lipinski definition) is 2. The van der Waals surface area contributed by atoms with Gasteiger partial charge in [-0.05, 0) is 19.3 Å². The molecular weight excluding hydrogens is 272 g/mol. The Morgan fingerprint density at radius 3 is 2.42 bits per heavy atom. The summed E-state index contributed by atoms with van der Waals surface area (Å²) in [5, 5.41) is 11.5. The van der Waals surface area contributed by atoms with Gasteiger partial charge in [-0.25, -0.2) is 12.7 Å². The predicted molar refractivity (Wildman–Crippen MR) is 66.8 cm³/mol. The van der Waals surface area contributed by atoms with Crippen molar-refractivity contribution in [3.8, 4) is 0 Å². The Morgan fingerprint density at radius 1 is 1.26 bits per heavy atom. The van der Waals surface area contributed by atoms with Crippen LogP contribution in [0.5, 0.6) is 0 Å². The van der Waals surface area contributed by atoms with Crippen LogP contribution >= 0.6 is 0 Å². The van der Waals surface area contributed by atoms with Gasteiger partial charge in [-0.15, -0.1) is 0 Å². The molecule has 2 rings (SSSR count). The van der Waals surface area contributed by atoms with Crippen molar-refractivity contribution in [2.75, 3.05) is 25.4 Å². The van der Waals surface area contributed by atoms with Gasteiger partial charge in [-0.3, -0.25) is 9.59 Å². The fraction of sp³-hybridized carbons (Fsp3) is 0.818. The molecule has 1 aliphatic heterocycles. The Labute approximate surface area is 112 Å². The van der Waals surface area contributed by atoms with Crippen LogP contribution in [0.25, 0.3) is 0 Å². The zero-order chi connectivity index (χ0) is 14.0. The van der Waals surface area contributed by atoms with Crippen LogP contribution in [0.15, 0.2) is 0 Å². The smallest absolute Gasteiger partial charge is 0.307 e. The summed E-state index contributed by atoms with van der Waals surface area (Å²) in [6, 6.07) is 0. The number of nitrogens with one attached hydrogen (secondary N) is 1. The molecular formula is C11H18N2O5S. The van der Waals surface area contributed by atoms with E-state index in [4.69, 9.17) is 5.11 Å². The largest absolute Gasteiger partial charge is 0.481 e. The number of carboxylic acid groups (broad SMARTS) is 1. The summed E-state index contributed by atoms with van der Waals surface area (Å²) in [6.07, 6.45) is 1.75. The van der Waals surface area contributed by atoms with E-state index in [0.29, 0.717) is 25.8 Å². The van der Waals surface area contributed by atoms with Gasteiger partial charge in [0.2, 0.25) is 15.9 Å². The van der Waals surface area contributed by atoms with Gasteiger partial charge in [0.05, 0.1) is 17.6 Å². The highest BCUT2D eigenvalue weighted by Gasteiger charge is 2.41. The molecule has 0 aromatic heterocycles. The fourth-order valence-electron chi connectivity index (χ4n) is 2.49. The molecule has 0 bridgehead atoms. The van der Waals surface area contributed by atoms with Crippen LogP contribution in [0.2, 0.25) is 0 Å². The van der Waals surface area contributed by atoms with Crippen LogP contribution in [-0.4, -0.2) is 55.1 Å². The molecule has 1 saturated carbocycles. The third-order valence-electron chi connectivity index (χ3n) is 3.79. The van der Waals surface area contributed by atoms with E-state index in [9.17, 15) is 18.0 Å². The van der Waals surface area contributed by atoms with E-state index in [1.54, 1.807) is 0 Å². The van der Waals surface area contributed by atoms with Gasteiger partial charge in [0.1, 0.15) is 0 Å². The minimum absolute atomic E-state index is 0.171. The minimum atomic E-state index is -3.13. The Kier molecular flexibility index (Phi) is 4.10. The van der Waals surface area contributed by atoms with E-state index in [2.05, 4.69) is 5.32 Å².